The number of ether oxygens (including phenoxy) is 2. The fraction of sp³-hybridized carbons (Fsp3) is 0.830. The van der Waals surface area contributed by atoms with Crippen LogP contribution < -0.4 is 22.1 Å². The van der Waals surface area contributed by atoms with Crippen molar-refractivity contribution in [3.05, 3.63) is 70.8 Å². The summed E-state index contributed by atoms with van der Waals surface area (Å²) >= 11 is 0. The van der Waals surface area contributed by atoms with Gasteiger partial charge in [-0.2, -0.15) is 26.3 Å². The van der Waals surface area contributed by atoms with Gasteiger partial charge < -0.3 is 71.2 Å². The van der Waals surface area contributed by atoms with Crippen molar-refractivity contribution in [2.45, 2.75) is 415 Å². The number of urea groups is 4. The van der Waals surface area contributed by atoms with Gasteiger partial charge in [0.2, 0.25) is 0 Å². The molecular weight excluding hydrogens is 1510 g/mol. The number of nitrogens with one attached hydrogen (secondary N) is 2. The lowest BCUT2D eigenvalue weighted by Crippen LogP contribution is -2.74. The minimum Gasteiger partial charge on any atom is -0.358 e. The van der Waals surface area contributed by atoms with E-state index in [4.69, 9.17) is 20.9 Å². The molecule has 5 aliphatic heterocycles. The van der Waals surface area contributed by atoms with Crippen LogP contribution in [0.25, 0.3) is 0 Å². The third-order valence-corrected chi connectivity index (χ3v) is 26.4. The van der Waals surface area contributed by atoms with Gasteiger partial charge in [0.15, 0.2) is 0 Å². The number of likely N-dealkylation sites (tertiary alicyclic amines) is 1. The molecule has 5 aliphatic rings. The van der Waals surface area contributed by atoms with Gasteiger partial charge in [0.25, 0.3) is 11.6 Å². The van der Waals surface area contributed by atoms with Crippen molar-refractivity contribution >= 4 is 24.1 Å². The first kappa shape index (κ1) is 100.0. The van der Waals surface area contributed by atoms with E-state index in [2.05, 4.69) is 10.6 Å². The Morgan fingerprint density at radius 1 is 0.322 bits per heavy atom. The maximum absolute atomic E-state index is 17.8. The lowest BCUT2D eigenvalue weighted by molar-refractivity contribution is -0.445. The van der Waals surface area contributed by atoms with Crippen LogP contribution in [0.4, 0.5) is 45.5 Å². The Kier molecular flexibility index (Phi) is 47.3. The fourth-order valence-electron chi connectivity index (χ4n) is 18.6. The van der Waals surface area contributed by atoms with E-state index < -0.39 is 72.7 Å². The molecule has 5 saturated heterocycles. The zero-order valence-electron chi connectivity index (χ0n) is 73.0. The van der Waals surface area contributed by atoms with Gasteiger partial charge in [0, 0.05) is 91.5 Å². The summed E-state index contributed by atoms with van der Waals surface area (Å²) in [5.41, 5.74) is 11.0. The third kappa shape index (κ3) is 36.0. The number of nitrogens with zero attached hydrogens (tertiary/aromatic N) is 6. The van der Waals surface area contributed by atoms with Gasteiger partial charge in [0.05, 0.1) is 18.5 Å². The molecule has 118 heavy (non-hydrogen) atoms. The van der Waals surface area contributed by atoms with Crippen molar-refractivity contribution in [1.29, 1.82) is 0 Å². The molecule has 0 aromatic heterocycles. The Morgan fingerprint density at radius 2 is 0.568 bits per heavy atom. The second kappa shape index (κ2) is 55.9. The van der Waals surface area contributed by atoms with E-state index >= 15 is 31.1 Å². The number of hydrogen-bond acceptors (Lipinski definition) is 10. The average molecular weight is 1670 g/mol. The zero-order valence-corrected chi connectivity index (χ0v) is 73.0. The molecule has 24 heteroatoms. The molecule has 0 bridgehead atoms. The number of halogens is 6. The molecule has 5 heterocycles. The van der Waals surface area contributed by atoms with E-state index in [0.717, 1.165) is 156 Å². The quantitative estimate of drug-likeness (QED) is 0.150. The first-order valence-electron chi connectivity index (χ1n) is 47.7. The van der Waals surface area contributed by atoms with Crippen molar-refractivity contribution in [2.24, 2.45) is 16.9 Å². The first-order chi connectivity index (χ1) is 57.1. The molecule has 0 saturated carbocycles. The summed E-state index contributed by atoms with van der Waals surface area (Å²) in [5, 5.41) is 31.8. The van der Waals surface area contributed by atoms with Crippen LogP contribution in [0.1, 0.15) is 382 Å². The maximum Gasteiger partial charge on any atom is 0.443 e. The SMILES string of the molecule is NCc1ccc(CNC(=O)N2CCN(C(=O)N3CC4(CCCCCCCCCCCCCCCCCCCCCCCCC5(CCCCCCCCCCCCCCCCCCCCCCCCCCCCCCCCC(O)(C(F)(F)F)OCN(C(=O)N6CCN(C(=O)NCc7ccc(CN)cc7)CC6)C5)[C@@](O)(C(F)(F)F)O4)C3)CC2)cc1. The minimum absolute atomic E-state index is 0.0278. The van der Waals surface area contributed by atoms with Crippen LogP contribution in [-0.2, 0) is 35.7 Å². The predicted octanol–water partition coefficient (Wildman–Crippen LogP) is 22.9. The van der Waals surface area contributed by atoms with E-state index in [-0.39, 0.29) is 123 Å². The smallest absolute Gasteiger partial charge is 0.358 e. The van der Waals surface area contributed by atoms with Crippen LogP contribution in [0.5, 0.6) is 0 Å². The summed E-state index contributed by atoms with van der Waals surface area (Å²) in [5.74, 6) is -7.91. The second-order valence-corrected chi connectivity index (χ2v) is 36.1. The number of carbonyl (C=O) groups is 4. The molecule has 8 amide bonds. The molecule has 0 radical (unpaired) electrons. The molecule has 676 valence electrons. The topological polar surface area (TPSA) is 223 Å². The zero-order chi connectivity index (χ0) is 84.5. The van der Waals surface area contributed by atoms with Crippen molar-refractivity contribution in [3.63, 3.8) is 0 Å². The molecule has 2 unspecified atom stereocenters. The summed E-state index contributed by atoms with van der Waals surface area (Å²) < 4.78 is 113. The number of alkyl halides is 6. The van der Waals surface area contributed by atoms with Crippen LogP contribution in [0.15, 0.2) is 48.5 Å². The number of piperazine rings is 2. The van der Waals surface area contributed by atoms with Crippen molar-refractivity contribution in [2.75, 3.05) is 78.7 Å². The van der Waals surface area contributed by atoms with Gasteiger partial charge in [0.1, 0.15) is 12.3 Å². The molecular formula is C94H160F6N10O8. The molecule has 2 aromatic rings. The monoisotopic (exact) mass is 1670 g/mol. The highest BCUT2D eigenvalue weighted by Crippen LogP contribution is 2.55. The van der Waals surface area contributed by atoms with Gasteiger partial charge >= 0.3 is 36.5 Å². The molecule has 0 aliphatic carbocycles. The van der Waals surface area contributed by atoms with E-state index in [1.165, 1.54) is 150 Å². The van der Waals surface area contributed by atoms with E-state index in [1.54, 1.807) is 9.80 Å². The lowest BCUT2D eigenvalue weighted by atomic mass is 9.69. The number of amides is 8. The van der Waals surface area contributed by atoms with Crippen LogP contribution in [0.2, 0.25) is 0 Å². The molecule has 2 aromatic carbocycles. The number of aliphatic hydroxyl groups is 2. The molecule has 18 nitrogen and oxygen atoms in total. The Balaban J connectivity index is 1.23. The van der Waals surface area contributed by atoms with Crippen molar-refractivity contribution < 1.29 is 65.2 Å². The Labute approximate surface area is 707 Å². The number of rotatable bonds is 6. The summed E-state index contributed by atoms with van der Waals surface area (Å²) in [6, 6.07) is 12.9. The normalized spacial score (nSPS) is 25.2. The number of benzene rings is 2. The van der Waals surface area contributed by atoms with Crippen LogP contribution in [-0.4, -0.2) is 172 Å². The fourth-order valence-corrected chi connectivity index (χ4v) is 18.6. The molecule has 8 N–H and O–H groups in total. The Morgan fingerprint density at radius 3 is 0.839 bits per heavy atom. The summed E-state index contributed by atoms with van der Waals surface area (Å²) in [6.45, 7) is -1.34. The number of hydrogen-bond donors (Lipinski definition) is 6. The van der Waals surface area contributed by atoms with Gasteiger partial charge in [-0.05, 0) is 47.9 Å². The Bertz CT molecular complexity index is 3010. The number of carbonyl (C=O) groups excluding carboxylic acids is 4. The van der Waals surface area contributed by atoms with Gasteiger partial charge in [-0.1, -0.05) is 376 Å². The summed E-state index contributed by atoms with van der Waals surface area (Å²) in [4.78, 5) is 66.5. The van der Waals surface area contributed by atoms with Crippen molar-refractivity contribution in [1.82, 2.24) is 40.0 Å². The summed E-state index contributed by atoms with van der Waals surface area (Å²) in [6.07, 6.45) is 38.4. The van der Waals surface area contributed by atoms with Crippen LogP contribution >= 0.6 is 0 Å². The second-order valence-electron chi connectivity index (χ2n) is 36.1. The molecule has 5 fully saturated rings. The van der Waals surface area contributed by atoms with Gasteiger partial charge in [-0.3, -0.25) is 0 Å². The van der Waals surface area contributed by atoms with E-state index in [0.29, 0.717) is 64.5 Å². The predicted molar refractivity (Wildman–Crippen MR) is 461 cm³/mol. The number of nitrogens with two attached hydrogens (primary N) is 2. The van der Waals surface area contributed by atoms with Gasteiger partial charge in [-0.25, -0.2) is 19.2 Å². The highest BCUT2D eigenvalue weighted by atomic mass is 19.4. The molecule has 2 spiro atoms. The molecule has 7 rings (SSSR count). The third-order valence-electron chi connectivity index (χ3n) is 26.4. The average Bonchev–Trinajstić information content (AvgIpc) is 0.717. The molecule has 3 atom stereocenters. The van der Waals surface area contributed by atoms with Gasteiger partial charge in [-0.15, -0.1) is 0 Å². The minimum atomic E-state index is -5.60. The lowest BCUT2D eigenvalue weighted by Gasteiger charge is -2.58. The highest BCUT2D eigenvalue weighted by Gasteiger charge is 2.71. The standard InChI is InChI=1S/C94H160F6N10O8/c95-93(96,97)91(115)64-52-48-44-40-36-32-28-24-20-16-10-8-6-4-2-1-3-5-7-9-13-17-21-25-29-33-37-41-45-49-61-89(77-110(80-117-91)88(114)108-71-67-106(68-72-108)86(112)104-76-84-59-55-82(74-102)56-60-84)62-50-46-42-38-34-30-26-22-18-14-11-12-15-19-23-27-31-35-39-43-47-51-63-90(118-92(89,116)94(98,99)100)78-109(79-90)87(113)107-69-65-105(66-70-107)85(111)103-75-83-57-53-81(73-101)54-58-83/h53-60,115-116H,1-52,61-80,101-102H2,(H,103,111)(H,104,112)/t89?,91?,92-/m0/s1. The van der Waals surface area contributed by atoms with E-state index in [9.17, 15) is 24.6 Å². The highest BCUT2D eigenvalue weighted by molar-refractivity contribution is 5.78. The van der Waals surface area contributed by atoms with Crippen LogP contribution in [0.3, 0.4) is 0 Å². The largest absolute Gasteiger partial charge is 0.443 e. The maximum atomic E-state index is 17.8. The first-order valence-corrected chi connectivity index (χ1v) is 47.7. The van der Waals surface area contributed by atoms with E-state index in [1.807, 2.05) is 48.5 Å². The van der Waals surface area contributed by atoms with Crippen molar-refractivity contribution in [3.8, 4) is 0 Å². The Hall–Kier alpha value is -5.14. The van der Waals surface area contributed by atoms with Crippen LogP contribution in [0, 0.1) is 5.41 Å². The summed E-state index contributed by atoms with van der Waals surface area (Å²) in [7, 11) is 0.